The molecule has 2 unspecified atom stereocenters. The molecule has 0 radical (unpaired) electrons. The number of hydrogen-bond donors (Lipinski definition) is 2. The molecule has 0 spiro atoms. The number of urea groups is 1. The van der Waals surface area contributed by atoms with Crippen molar-refractivity contribution in [3.63, 3.8) is 0 Å². The number of nitrogens with one attached hydrogen (secondary N) is 1. The van der Waals surface area contributed by atoms with Gasteiger partial charge in [0, 0.05) is 57.3 Å². The minimum absolute atomic E-state index is 0.00382. The number of amides is 2. The van der Waals surface area contributed by atoms with Gasteiger partial charge in [-0.25, -0.2) is 4.79 Å². The van der Waals surface area contributed by atoms with Gasteiger partial charge in [-0.3, -0.25) is 9.88 Å². The average Bonchev–Trinajstić information content (AvgIpc) is 2.60. The van der Waals surface area contributed by atoms with Gasteiger partial charge in [0.05, 0.1) is 0 Å². The highest BCUT2D eigenvalue weighted by atomic mass is 16.3. The fourth-order valence-electron chi connectivity index (χ4n) is 2.92. The van der Waals surface area contributed by atoms with E-state index >= 15 is 0 Å². The third kappa shape index (κ3) is 5.18. The lowest BCUT2D eigenvalue weighted by molar-refractivity contribution is 0.112. The van der Waals surface area contributed by atoms with Crippen LogP contribution < -0.4 is 5.32 Å². The first kappa shape index (κ1) is 17.7. The van der Waals surface area contributed by atoms with E-state index in [-0.39, 0.29) is 18.7 Å². The predicted molar refractivity (Wildman–Crippen MR) is 90.1 cm³/mol. The van der Waals surface area contributed by atoms with Gasteiger partial charge in [-0.05, 0) is 38.3 Å². The first-order chi connectivity index (χ1) is 11.1. The Kier molecular flexibility index (Phi) is 6.80. The van der Waals surface area contributed by atoms with Crippen molar-refractivity contribution in [1.29, 1.82) is 0 Å². The maximum absolute atomic E-state index is 12.2. The van der Waals surface area contributed by atoms with E-state index in [9.17, 15) is 4.79 Å². The zero-order valence-corrected chi connectivity index (χ0v) is 14.1. The second-order valence-corrected chi connectivity index (χ2v) is 6.20. The Balaban J connectivity index is 1.78. The van der Waals surface area contributed by atoms with Crippen LogP contribution in [-0.4, -0.2) is 64.7 Å². The van der Waals surface area contributed by atoms with Crippen molar-refractivity contribution in [2.45, 2.75) is 38.8 Å². The molecule has 23 heavy (non-hydrogen) atoms. The van der Waals surface area contributed by atoms with Crippen molar-refractivity contribution in [3.05, 3.63) is 30.1 Å². The summed E-state index contributed by atoms with van der Waals surface area (Å²) in [4.78, 5) is 20.7. The van der Waals surface area contributed by atoms with Crippen molar-refractivity contribution in [3.8, 4) is 0 Å². The Morgan fingerprint density at radius 2 is 2.09 bits per heavy atom. The van der Waals surface area contributed by atoms with E-state index < -0.39 is 0 Å². The molecule has 1 aliphatic heterocycles. The number of aliphatic hydroxyl groups is 1. The third-order valence-corrected chi connectivity index (χ3v) is 4.48. The minimum Gasteiger partial charge on any atom is -0.396 e. The van der Waals surface area contributed by atoms with Gasteiger partial charge in [-0.2, -0.15) is 0 Å². The van der Waals surface area contributed by atoms with Crippen LogP contribution in [0.1, 0.15) is 38.3 Å². The Morgan fingerprint density at radius 1 is 1.35 bits per heavy atom. The summed E-state index contributed by atoms with van der Waals surface area (Å²) in [5, 5.41) is 11.8. The molecule has 2 atom stereocenters. The zero-order valence-electron chi connectivity index (χ0n) is 14.1. The van der Waals surface area contributed by atoms with Crippen LogP contribution in [0, 0.1) is 0 Å². The van der Waals surface area contributed by atoms with E-state index in [1.165, 1.54) is 5.56 Å². The molecule has 0 saturated carbocycles. The standard InChI is InChI=1S/C17H28N4O2/c1-14(5-4-12-22)19-17(23)21-10-8-20(9-11-21)15(2)16-6-3-7-18-13-16/h3,6-7,13-15,22H,4-5,8-12H2,1-2H3,(H,19,23). The van der Waals surface area contributed by atoms with E-state index in [4.69, 9.17) is 5.11 Å². The minimum atomic E-state index is 0.00382. The SMILES string of the molecule is CC(CCCO)NC(=O)N1CCN(C(C)c2cccnc2)CC1. The Bertz CT molecular complexity index is 475. The second-order valence-electron chi connectivity index (χ2n) is 6.20. The molecule has 1 aromatic rings. The molecule has 1 aliphatic rings. The van der Waals surface area contributed by atoms with E-state index in [1.807, 2.05) is 24.1 Å². The molecule has 1 fully saturated rings. The van der Waals surface area contributed by atoms with Gasteiger partial charge in [-0.1, -0.05) is 6.07 Å². The molecule has 2 N–H and O–H groups in total. The van der Waals surface area contributed by atoms with Crippen LogP contribution in [-0.2, 0) is 0 Å². The maximum Gasteiger partial charge on any atom is 0.317 e. The quantitative estimate of drug-likeness (QED) is 0.836. The summed E-state index contributed by atoms with van der Waals surface area (Å²) in [5.74, 6) is 0. The summed E-state index contributed by atoms with van der Waals surface area (Å²) >= 11 is 0. The summed E-state index contributed by atoms with van der Waals surface area (Å²) in [6.45, 7) is 7.55. The van der Waals surface area contributed by atoms with Gasteiger partial charge in [0.2, 0.25) is 0 Å². The van der Waals surface area contributed by atoms with E-state index in [2.05, 4.69) is 28.2 Å². The lowest BCUT2D eigenvalue weighted by Crippen LogP contribution is -2.53. The Hall–Kier alpha value is -1.66. The molecule has 2 amide bonds. The van der Waals surface area contributed by atoms with Crippen LogP contribution in [0.3, 0.4) is 0 Å². The summed E-state index contributed by atoms with van der Waals surface area (Å²) < 4.78 is 0. The number of hydrogen-bond acceptors (Lipinski definition) is 4. The third-order valence-electron chi connectivity index (χ3n) is 4.48. The molecule has 1 aromatic heterocycles. The number of pyridine rings is 1. The summed E-state index contributed by atoms with van der Waals surface area (Å²) in [7, 11) is 0. The molecule has 6 nitrogen and oxygen atoms in total. The number of rotatable bonds is 6. The van der Waals surface area contributed by atoms with Crippen molar-refractivity contribution < 1.29 is 9.90 Å². The molecule has 2 heterocycles. The highest BCUT2D eigenvalue weighted by Crippen LogP contribution is 2.20. The molecule has 0 aromatic carbocycles. The molecular weight excluding hydrogens is 292 g/mol. The fraction of sp³-hybridized carbons (Fsp3) is 0.647. The normalized spacial score (nSPS) is 18.5. The summed E-state index contributed by atoms with van der Waals surface area (Å²) in [6.07, 6.45) is 5.22. The molecule has 128 valence electrons. The van der Waals surface area contributed by atoms with Crippen molar-refractivity contribution >= 4 is 6.03 Å². The Morgan fingerprint density at radius 3 is 2.70 bits per heavy atom. The first-order valence-corrected chi connectivity index (χ1v) is 8.42. The van der Waals surface area contributed by atoms with Crippen LogP contribution >= 0.6 is 0 Å². The Labute approximate surface area is 138 Å². The highest BCUT2D eigenvalue weighted by Gasteiger charge is 2.25. The van der Waals surface area contributed by atoms with Gasteiger partial charge in [0.1, 0.15) is 0 Å². The van der Waals surface area contributed by atoms with Crippen molar-refractivity contribution in [2.75, 3.05) is 32.8 Å². The van der Waals surface area contributed by atoms with E-state index in [0.717, 1.165) is 39.0 Å². The smallest absolute Gasteiger partial charge is 0.317 e. The lowest BCUT2D eigenvalue weighted by Gasteiger charge is -2.38. The number of piperazine rings is 1. The van der Waals surface area contributed by atoms with Gasteiger partial charge in [0.25, 0.3) is 0 Å². The number of carbonyl (C=O) groups excluding carboxylic acids is 1. The molecule has 0 bridgehead atoms. The van der Waals surface area contributed by atoms with Gasteiger partial charge < -0.3 is 15.3 Å². The van der Waals surface area contributed by atoms with Gasteiger partial charge >= 0.3 is 6.03 Å². The topological polar surface area (TPSA) is 68.7 Å². The van der Waals surface area contributed by atoms with E-state index in [0.29, 0.717) is 6.04 Å². The van der Waals surface area contributed by atoms with Crippen molar-refractivity contribution in [2.24, 2.45) is 0 Å². The first-order valence-electron chi connectivity index (χ1n) is 8.42. The number of nitrogens with zero attached hydrogens (tertiary/aromatic N) is 3. The van der Waals surface area contributed by atoms with E-state index in [1.54, 1.807) is 6.20 Å². The lowest BCUT2D eigenvalue weighted by atomic mass is 10.1. The van der Waals surface area contributed by atoms with Gasteiger partial charge in [-0.15, -0.1) is 0 Å². The zero-order chi connectivity index (χ0) is 16.7. The fourth-order valence-corrected chi connectivity index (χ4v) is 2.92. The molecule has 2 rings (SSSR count). The number of aromatic nitrogens is 1. The van der Waals surface area contributed by atoms with Crippen LogP contribution in [0.5, 0.6) is 0 Å². The summed E-state index contributed by atoms with van der Waals surface area (Å²) in [6, 6.07) is 4.48. The highest BCUT2D eigenvalue weighted by molar-refractivity contribution is 5.74. The van der Waals surface area contributed by atoms with Crippen LogP contribution in [0.2, 0.25) is 0 Å². The number of carbonyl (C=O) groups is 1. The molecule has 1 saturated heterocycles. The van der Waals surface area contributed by atoms with Crippen LogP contribution in [0.4, 0.5) is 4.79 Å². The second kappa shape index (κ2) is 8.84. The predicted octanol–water partition coefficient (Wildman–Crippen LogP) is 1.63. The maximum atomic E-state index is 12.2. The average molecular weight is 320 g/mol. The largest absolute Gasteiger partial charge is 0.396 e. The number of aliphatic hydroxyl groups excluding tert-OH is 1. The van der Waals surface area contributed by atoms with Crippen LogP contribution in [0.25, 0.3) is 0 Å². The van der Waals surface area contributed by atoms with Crippen molar-refractivity contribution in [1.82, 2.24) is 20.1 Å². The molecule has 0 aliphatic carbocycles. The van der Waals surface area contributed by atoms with Crippen LogP contribution in [0.15, 0.2) is 24.5 Å². The molecular formula is C17H28N4O2. The van der Waals surface area contributed by atoms with Gasteiger partial charge in [0.15, 0.2) is 0 Å². The monoisotopic (exact) mass is 320 g/mol. The molecule has 6 heteroatoms. The summed E-state index contributed by atoms with van der Waals surface area (Å²) in [5.41, 5.74) is 1.21.